The van der Waals surface area contributed by atoms with Crippen LogP contribution in [0, 0.1) is 17.2 Å². The van der Waals surface area contributed by atoms with Gasteiger partial charge in [0.1, 0.15) is 5.82 Å². The third-order valence-corrected chi connectivity index (χ3v) is 4.44. The fourth-order valence-electron chi connectivity index (χ4n) is 2.29. The summed E-state index contributed by atoms with van der Waals surface area (Å²) in [5.74, 6) is 0.780. The topological polar surface area (TPSA) is 0 Å². The molecule has 0 aliphatic heterocycles. The minimum absolute atomic E-state index is 0.148. The second-order valence-electron chi connectivity index (χ2n) is 7.38. The second-order valence-corrected chi connectivity index (χ2v) is 7.38. The number of halogens is 4. The van der Waals surface area contributed by atoms with E-state index in [1.807, 2.05) is 53.7 Å². The molecule has 0 aliphatic rings. The molecular weight excluding hydrogens is 364 g/mol. The number of benzene rings is 1. The van der Waals surface area contributed by atoms with Gasteiger partial charge >= 0.3 is 6.18 Å². The van der Waals surface area contributed by atoms with Crippen molar-refractivity contribution in [2.75, 3.05) is 0 Å². The Morgan fingerprint density at radius 1 is 0.821 bits per heavy atom. The van der Waals surface area contributed by atoms with Gasteiger partial charge in [-0.25, -0.2) is 4.39 Å². The molecular formula is C24H44F4. The van der Waals surface area contributed by atoms with Crippen molar-refractivity contribution < 1.29 is 17.6 Å². The van der Waals surface area contributed by atoms with Crippen molar-refractivity contribution in [2.24, 2.45) is 11.3 Å². The van der Waals surface area contributed by atoms with Crippen LogP contribution in [0.3, 0.4) is 0 Å². The van der Waals surface area contributed by atoms with Gasteiger partial charge in [-0.15, -0.1) is 0 Å². The Morgan fingerprint density at radius 2 is 1.21 bits per heavy atom. The maximum atomic E-state index is 12.6. The summed E-state index contributed by atoms with van der Waals surface area (Å²) in [5, 5.41) is 0. The molecule has 1 aromatic carbocycles. The highest BCUT2D eigenvalue weighted by atomic mass is 19.4. The van der Waals surface area contributed by atoms with Crippen molar-refractivity contribution >= 4 is 0 Å². The van der Waals surface area contributed by atoms with E-state index in [0.717, 1.165) is 12.8 Å². The molecule has 0 aromatic heterocycles. The molecule has 0 saturated heterocycles. The van der Waals surface area contributed by atoms with Crippen LogP contribution in [-0.4, -0.2) is 6.18 Å². The van der Waals surface area contributed by atoms with Crippen LogP contribution < -0.4 is 0 Å². The molecule has 0 nitrogen and oxygen atoms in total. The summed E-state index contributed by atoms with van der Waals surface area (Å²) in [6.45, 7) is 18.7. The summed E-state index contributed by atoms with van der Waals surface area (Å²) in [5.41, 5.74) is -0.279. The quantitative estimate of drug-likeness (QED) is 0.411. The van der Waals surface area contributed by atoms with Crippen LogP contribution in [0.5, 0.6) is 0 Å². The fraction of sp³-hybridized carbons (Fsp3) is 0.750. The average molecular weight is 409 g/mol. The van der Waals surface area contributed by atoms with Crippen molar-refractivity contribution in [1.82, 2.24) is 0 Å². The number of alkyl halides is 3. The van der Waals surface area contributed by atoms with Gasteiger partial charge in [0.25, 0.3) is 0 Å². The van der Waals surface area contributed by atoms with Gasteiger partial charge in [0.15, 0.2) is 0 Å². The normalized spacial score (nSPS) is 11.0. The molecule has 0 aliphatic carbocycles. The van der Waals surface area contributed by atoms with Crippen molar-refractivity contribution in [3.63, 3.8) is 0 Å². The van der Waals surface area contributed by atoms with Crippen LogP contribution in [0.4, 0.5) is 17.6 Å². The van der Waals surface area contributed by atoms with Crippen LogP contribution >= 0.6 is 0 Å². The lowest BCUT2D eigenvalue weighted by atomic mass is 9.85. The summed E-state index contributed by atoms with van der Waals surface area (Å²) in [6, 6.07) is 6.83. The molecule has 4 heteroatoms. The Kier molecular flexibility index (Phi) is 19.0. The third kappa shape index (κ3) is 14.0. The van der Waals surface area contributed by atoms with Crippen molar-refractivity contribution in [3.8, 4) is 0 Å². The molecule has 0 atom stereocenters. The maximum absolute atomic E-state index is 12.6. The lowest BCUT2D eigenvalue weighted by Crippen LogP contribution is -2.32. The first-order valence-corrected chi connectivity index (χ1v) is 10.8. The van der Waals surface area contributed by atoms with Crippen LogP contribution in [0.2, 0.25) is 0 Å². The number of hydrogen-bond acceptors (Lipinski definition) is 0. The van der Waals surface area contributed by atoms with Crippen molar-refractivity contribution in [3.05, 3.63) is 35.6 Å². The number of rotatable bonds is 6. The van der Waals surface area contributed by atoms with Gasteiger partial charge in [-0.1, -0.05) is 87.8 Å². The highest BCUT2D eigenvalue weighted by Crippen LogP contribution is 2.41. The van der Waals surface area contributed by atoms with Gasteiger partial charge in [0, 0.05) is 0 Å². The van der Waals surface area contributed by atoms with Crippen molar-refractivity contribution in [2.45, 2.75) is 107 Å². The third-order valence-electron chi connectivity index (χ3n) is 4.44. The maximum Gasteiger partial charge on any atom is 0.393 e. The van der Waals surface area contributed by atoms with Crippen molar-refractivity contribution in [1.29, 1.82) is 0 Å². The smallest absolute Gasteiger partial charge is 0.207 e. The first-order chi connectivity index (χ1) is 12.9. The summed E-state index contributed by atoms with van der Waals surface area (Å²) < 4.78 is 49.4. The van der Waals surface area contributed by atoms with E-state index in [-0.39, 0.29) is 12.2 Å². The largest absolute Gasteiger partial charge is 0.393 e. The molecule has 0 N–H and O–H groups in total. The minimum atomic E-state index is -4.07. The van der Waals surface area contributed by atoms with Crippen LogP contribution in [0.25, 0.3) is 0 Å². The molecule has 0 saturated carbocycles. The summed E-state index contributed by atoms with van der Waals surface area (Å²) in [7, 11) is 0. The Hall–Kier alpha value is -1.06. The molecule has 0 fully saturated rings. The van der Waals surface area contributed by atoms with Gasteiger partial charge in [-0.05, 0) is 48.8 Å². The zero-order valence-corrected chi connectivity index (χ0v) is 19.8. The van der Waals surface area contributed by atoms with Gasteiger partial charge in [-0.3, -0.25) is 0 Å². The SMILES string of the molecule is CC.CC.CC(C)CCC(C)(C)C(F)(F)F.CCC(CC)c1ccc(F)cc1. The first kappa shape index (κ1) is 31.6. The number of hydrogen-bond donors (Lipinski definition) is 0. The predicted molar refractivity (Wildman–Crippen MR) is 116 cm³/mol. The first-order valence-electron chi connectivity index (χ1n) is 10.8. The van der Waals surface area contributed by atoms with Crippen LogP contribution in [0.15, 0.2) is 24.3 Å². The summed E-state index contributed by atoms with van der Waals surface area (Å²) in [4.78, 5) is 0. The zero-order chi connectivity index (χ0) is 23.0. The Bertz CT molecular complexity index is 441. The van der Waals surface area contributed by atoms with Gasteiger partial charge in [-0.2, -0.15) is 13.2 Å². The van der Waals surface area contributed by atoms with Gasteiger partial charge in [0.05, 0.1) is 5.41 Å². The Balaban J connectivity index is -0.000000379. The van der Waals surface area contributed by atoms with E-state index in [2.05, 4.69) is 13.8 Å². The van der Waals surface area contributed by atoms with E-state index >= 15 is 0 Å². The minimum Gasteiger partial charge on any atom is -0.207 e. The van der Waals surface area contributed by atoms with Gasteiger partial charge < -0.3 is 0 Å². The average Bonchev–Trinajstić information content (AvgIpc) is 2.65. The van der Waals surface area contributed by atoms with E-state index in [0.29, 0.717) is 18.3 Å². The molecule has 1 rings (SSSR count). The highest BCUT2D eigenvalue weighted by Gasteiger charge is 2.46. The molecule has 0 amide bonds. The van der Waals surface area contributed by atoms with E-state index in [1.165, 1.54) is 31.5 Å². The molecule has 0 radical (unpaired) electrons. The summed E-state index contributed by atoms with van der Waals surface area (Å²) >= 11 is 0. The molecule has 0 bridgehead atoms. The lowest BCUT2D eigenvalue weighted by Gasteiger charge is -2.28. The molecule has 168 valence electrons. The second kappa shape index (κ2) is 16.9. The van der Waals surface area contributed by atoms with E-state index in [1.54, 1.807) is 0 Å². The van der Waals surface area contributed by atoms with Gasteiger partial charge in [0.2, 0.25) is 0 Å². The molecule has 0 spiro atoms. The predicted octanol–water partition coefficient (Wildman–Crippen LogP) is 9.79. The van der Waals surface area contributed by atoms with E-state index < -0.39 is 11.6 Å². The van der Waals surface area contributed by atoms with E-state index in [4.69, 9.17) is 0 Å². The highest BCUT2D eigenvalue weighted by molar-refractivity contribution is 5.20. The standard InChI is InChI=1S/C11H15F.C9H17F3.2C2H6/c1-3-9(4-2)10-5-7-11(12)8-6-10;1-7(2)5-6-8(3,4)9(10,11)12;2*1-2/h5-9H,3-4H2,1-2H3;7H,5-6H2,1-4H3;2*1-2H3. The van der Waals surface area contributed by atoms with Crippen LogP contribution in [-0.2, 0) is 0 Å². The van der Waals surface area contributed by atoms with Crippen LogP contribution in [0.1, 0.15) is 106 Å². The molecule has 0 heterocycles. The van der Waals surface area contributed by atoms with E-state index in [9.17, 15) is 17.6 Å². The molecule has 0 unspecified atom stereocenters. The monoisotopic (exact) mass is 408 g/mol. The lowest BCUT2D eigenvalue weighted by molar-refractivity contribution is -0.214. The Labute approximate surface area is 172 Å². The summed E-state index contributed by atoms with van der Waals surface area (Å²) in [6.07, 6.45) is -0.965. The zero-order valence-electron chi connectivity index (χ0n) is 19.8. The molecule has 1 aromatic rings. The fourth-order valence-corrected chi connectivity index (χ4v) is 2.29. The molecule has 28 heavy (non-hydrogen) atoms. The Morgan fingerprint density at radius 3 is 1.50 bits per heavy atom.